The summed E-state index contributed by atoms with van der Waals surface area (Å²) in [4.78, 5) is 39.4. The van der Waals surface area contributed by atoms with Crippen LogP contribution in [0.25, 0.3) is 0 Å². The molecule has 0 aromatic heterocycles. The first-order valence-corrected chi connectivity index (χ1v) is 10.1. The molecule has 1 saturated heterocycles. The lowest BCUT2D eigenvalue weighted by molar-refractivity contribution is -0.151. The third kappa shape index (κ3) is 5.25. The smallest absolute Gasteiger partial charge is 0.332 e. The highest BCUT2D eigenvalue weighted by Crippen LogP contribution is 2.45. The molecule has 5 unspecified atom stereocenters. The van der Waals surface area contributed by atoms with Gasteiger partial charge >= 0.3 is 5.97 Å². The lowest BCUT2D eigenvalue weighted by Gasteiger charge is -2.28. The molecule has 1 aliphatic carbocycles. The number of amides is 2. The first-order valence-electron chi connectivity index (χ1n) is 10.1. The molecule has 162 valence electrons. The van der Waals surface area contributed by atoms with Gasteiger partial charge in [0.05, 0.1) is 12.7 Å². The summed E-state index contributed by atoms with van der Waals surface area (Å²) in [5.41, 5.74) is -1.14. The van der Waals surface area contributed by atoms with Crippen LogP contribution in [-0.4, -0.2) is 71.3 Å². The first kappa shape index (κ1) is 23.1. The normalized spacial score (nSPS) is 29.1. The minimum absolute atomic E-state index is 0.0502. The van der Waals surface area contributed by atoms with E-state index in [1.807, 2.05) is 0 Å². The van der Waals surface area contributed by atoms with Crippen LogP contribution >= 0.6 is 0 Å². The van der Waals surface area contributed by atoms with E-state index in [0.29, 0.717) is 13.0 Å². The number of likely N-dealkylation sites (tertiary alicyclic amines) is 1. The van der Waals surface area contributed by atoms with Crippen LogP contribution in [0, 0.1) is 5.92 Å². The fraction of sp³-hybridized carbons (Fsp3) is 0.667. The van der Waals surface area contributed by atoms with Gasteiger partial charge in [0, 0.05) is 25.5 Å². The summed E-state index contributed by atoms with van der Waals surface area (Å²) in [5, 5.41) is 12.8. The van der Waals surface area contributed by atoms with E-state index < -0.39 is 35.7 Å². The van der Waals surface area contributed by atoms with Crippen LogP contribution in [0.4, 0.5) is 0 Å². The second-order valence-corrected chi connectivity index (χ2v) is 7.57. The molecule has 0 aromatic carbocycles. The summed E-state index contributed by atoms with van der Waals surface area (Å²) in [6.07, 6.45) is 3.90. The molecule has 1 aliphatic heterocycles. The highest BCUT2D eigenvalue weighted by Gasteiger charge is 2.62. The maximum absolute atomic E-state index is 12.9. The van der Waals surface area contributed by atoms with Gasteiger partial charge in [-0.25, -0.2) is 4.79 Å². The molecule has 0 spiro atoms. The maximum atomic E-state index is 12.9. The van der Waals surface area contributed by atoms with Crippen molar-refractivity contribution in [2.75, 3.05) is 19.8 Å². The van der Waals surface area contributed by atoms with Gasteiger partial charge in [0.1, 0.15) is 17.7 Å². The summed E-state index contributed by atoms with van der Waals surface area (Å²) in [7, 11) is 0. The molecular formula is C21H32N2O6. The van der Waals surface area contributed by atoms with Crippen LogP contribution in [0.15, 0.2) is 25.3 Å². The summed E-state index contributed by atoms with van der Waals surface area (Å²) in [6.45, 7) is 11.3. The van der Waals surface area contributed by atoms with Gasteiger partial charge in [-0.05, 0) is 33.1 Å². The van der Waals surface area contributed by atoms with Gasteiger partial charge in [-0.1, -0.05) is 12.2 Å². The zero-order chi connectivity index (χ0) is 21.6. The van der Waals surface area contributed by atoms with Gasteiger partial charge in [0.2, 0.25) is 5.91 Å². The molecule has 5 atom stereocenters. The number of nitrogens with zero attached hydrogens (tertiary/aromatic N) is 1. The van der Waals surface area contributed by atoms with Crippen molar-refractivity contribution in [3.63, 3.8) is 0 Å². The predicted molar refractivity (Wildman–Crippen MR) is 107 cm³/mol. The van der Waals surface area contributed by atoms with Gasteiger partial charge in [-0.15, -0.1) is 13.2 Å². The molecule has 2 fully saturated rings. The monoisotopic (exact) mass is 408 g/mol. The molecule has 8 nitrogen and oxygen atoms in total. The predicted octanol–water partition coefficient (Wildman–Crippen LogP) is 0.944. The van der Waals surface area contributed by atoms with E-state index in [1.165, 1.54) is 4.90 Å². The number of carbonyl (C=O) groups is 3. The molecule has 8 heteroatoms. The second kappa shape index (κ2) is 10.0. The van der Waals surface area contributed by atoms with Crippen molar-refractivity contribution in [3.8, 4) is 0 Å². The number of carbonyl (C=O) groups excluding carboxylic acids is 3. The second-order valence-electron chi connectivity index (χ2n) is 7.57. The maximum Gasteiger partial charge on any atom is 0.332 e. The Bertz CT molecular complexity index is 651. The van der Waals surface area contributed by atoms with Crippen molar-refractivity contribution in [1.82, 2.24) is 10.2 Å². The Balaban J connectivity index is 2.04. The molecule has 0 aromatic rings. The molecular weight excluding hydrogens is 376 g/mol. The Morgan fingerprint density at radius 3 is 2.69 bits per heavy atom. The van der Waals surface area contributed by atoms with E-state index in [0.717, 1.165) is 12.8 Å². The number of unbranched alkanes of at least 4 members (excludes halogenated alkanes) is 1. The fourth-order valence-corrected chi connectivity index (χ4v) is 3.66. The van der Waals surface area contributed by atoms with Crippen molar-refractivity contribution >= 4 is 17.8 Å². The van der Waals surface area contributed by atoms with E-state index in [-0.39, 0.29) is 31.4 Å². The van der Waals surface area contributed by atoms with Crippen molar-refractivity contribution in [3.05, 3.63) is 25.3 Å². The summed E-state index contributed by atoms with van der Waals surface area (Å²) < 4.78 is 10.7. The van der Waals surface area contributed by atoms with Crippen LogP contribution in [0.3, 0.4) is 0 Å². The minimum atomic E-state index is -1.14. The molecule has 0 bridgehead atoms. The number of aliphatic hydroxyl groups is 1. The van der Waals surface area contributed by atoms with Crippen LogP contribution in [0.1, 0.15) is 39.5 Å². The Morgan fingerprint density at radius 1 is 1.38 bits per heavy atom. The minimum Gasteiger partial charge on any atom is -0.464 e. The Hall–Kier alpha value is -2.19. The van der Waals surface area contributed by atoms with Gasteiger partial charge in [0.25, 0.3) is 5.91 Å². The number of β-amino-alcohol motifs (C(OH)–C–C–N with tert-alkyl or cyclic N) is 1. The SMILES string of the molecule is C=CCCCOC(C)C(=O)N1CC(O)CC1C(=O)NC1(C(=O)OCC)CC1C=C. The number of esters is 1. The molecule has 1 heterocycles. The molecule has 2 rings (SSSR count). The van der Waals surface area contributed by atoms with Gasteiger partial charge in [-0.3, -0.25) is 9.59 Å². The fourth-order valence-electron chi connectivity index (χ4n) is 3.66. The van der Waals surface area contributed by atoms with E-state index in [4.69, 9.17) is 9.47 Å². The third-order valence-corrected chi connectivity index (χ3v) is 5.42. The van der Waals surface area contributed by atoms with Crippen LogP contribution in [0.5, 0.6) is 0 Å². The molecule has 2 N–H and O–H groups in total. The molecule has 2 amide bonds. The van der Waals surface area contributed by atoms with Gasteiger partial charge in [0.15, 0.2) is 0 Å². The Labute approximate surface area is 171 Å². The number of ether oxygens (including phenoxy) is 2. The van der Waals surface area contributed by atoms with E-state index >= 15 is 0 Å². The summed E-state index contributed by atoms with van der Waals surface area (Å²) in [6, 6.07) is -0.867. The number of hydrogen-bond acceptors (Lipinski definition) is 6. The largest absolute Gasteiger partial charge is 0.464 e. The highest BCUT2D eigenvalue weighted by molar-refractivity contribution is 5.95. The lowest BCUT2D eigenvalue weighted by Crippen LogP contribution is -2.54. The van der Waals surface area contributed by atoms with Gasteiger partial charge < -0.3 is 24.8 Å². The zero-order valence-electron chi connectivity index (χ0n) is 17.3. The lowest BCUT2D eigenvalue weighted by atomic mass is 10.1. The van der Waals surface area contributed by atoms with Crippen molar-refractivity contribution in [2.45, 2.75) is 63.3 Å². The average Bonchev–Trinajstić information content (AvgIpc) is 3.27. The average molecular weight is 408 g/mol. The number of allylic oxidation sites excluding steroid dienone is 1. The molecule has 2 aliphatic rings. The highest BCUT2D eigenvalue weighted by atomic mass is 16.5. The zero-order valence-corrected chi connectivity index (χ0v) is 17.3. The molecule has 0 radical (unpaired) electrons. The Kier molecular flexibility index (Phi) is 7.98. The molecule has 1 saturated carbocycles. The standard InChI is InChI=1S/C21H32N2O6/c1-5-8-9-10-29-14(4)19(26)23-13-16(24)11-17(23)18(25)22-21(12-15(21)6-2)20(27)28-7-3/h5-6,14-17,24H,1-2,7-13H2,3-4H3,(H,22,25). The third-order valence-electron chi connectivity index (χ3n) is 5.42. The number of hydrogen-bond donors (Lipinski definition) is 2. The van der Waals surface area contributed by atoms with Gasteiger partial charge in [-0.2, -0.15) is 0 Å². The van der Waals surface area contributed by atoms with Crippen LogP contribution in [-0.2, 0) is 23.9 Å². The number of aliphatic hydroxyl groups excluding tert-OH is 1. The molecule has 29 heavy (non-hydrogen) atoms. The van der Waals surface area contributed by atoms with Crippen molar-refractivity contribution in [1.29, 1.82) is 0 Å². The van der Waals surface area contributed by atoms with Crippen LogP contribution < -0.4 is 5.32 Å². The number of nitrogens with one attached hydrogen (secondary N) is 1. The first-order chi connectivity index (χ1) is 13.8. The summed E-state index contributed by atoms with van der Waals surface area (Å²) in [5.74, 6) is -1.56. The topological polar surface area (TPSA) is 105 Å². The Morgan fingerprint density at radius 2 is 2.10 bits per heavy atom. The van der Waals surface area contributed by atoms with E-state index in [9.17, 15) is 19.5 Å². The van der Waals surface area contributed by atoms with Crippen molar-refractivity contribution in [2.24, 2.45) is 5.92 Å². The quantitative estimate of drug-likeness (QED) is 0.300. The van der Waals surface area contributed by atoms with E-state index in [2.05, 4.69) is 18.5 Å². The van der Waals surface area contributed by atoms with E-state index in [1.54, 1.807) is 26.0 Å². The summed E-state index contributed by atoms with van der Waals surface area (Å²) >= 11 is 0. The van der Waals surface area contributed by atoms with Crippen LogP contribution in [0.2, 0.25) is 0 Å². The van der Waals surface area contributed by atoms with Crippen molar-refractivity contribution < 1.29 is 29.0 Å². The number of rotatable bonds is 11.